The molecule has 8 heteroatoms. The Morgan fingerprint density at radius 2 is 1.07 bits per heavy atom. The molecule has 9 aromatic rings. The van der Waals surface area contributed by atoms with Crippen LogP contribution in [0.1, 0.15) is 16.7 Å². The van der Waals surface area contributed by atoms with Gasteiger partial charge in [-0.05, 0) is 61.2 Å². The topological polar surface area (TPSA) is 113 Å². The lowest BCUT2D eigenvalue weighted by molar-refractivity contribution is 1.07. The standard InChI is InChI=1S/C47H30N8/c1-49-41-33(19-20-34-7-3-27-50-42(34)41)6-2-5-30-9-13-37(14-10-30)45-53-46(38-15-11-31(29-48)12-16-38)55-47(54-45)39-23-17-32(18-24-39)40-26-25-36-22-21-35-8-4-28-51-43(35)44(36)52-40/h2-4,6-28H,1,5H2/b6-2-. The molecule has 55 heavy (non-hydrogen) atoms. The molecule has 4 aromatic heterocycles. The maximum absolute atomic E-state index is 9.37. The van der Waals surface area contributed by atoms with Crippen LogP contribution in [-0.2, 0) is 6.42 Å². The van der Waals surface area contributed by atoms with Crippen molar-refractivity contribution in [2.24, 2.45) is 4.99 Å². The molecule has 0 saturated carbocycles. The average molecular weight is 707 g/mol. The Bertz CT molecular complexity index is 2960. The minimum Gasteiger partial charge on any atom is -0.262 e. The number of nitrogens with zero attached hydrogens (tertiary/aromatic N) is 8. The Morgan fingerprint density at radius 1 is 0.545 bits per heavy atom. The van der Waals surface area contributed by atoms with Crippen LogP contribution in [0, 0.1) is 11.3 Å². The van der Waals surface area contributed by atoms with E-state index in [2.05, 4.69) is 82.4 Å². The summed E-state index contributed by atoms with van der Waals surface area (Å²) in [5.74, 6) is 1.62. The molecular formula is C47H30N8. The maximum atomic E-state index is 9.37. The van der Waals surface area contributed by atoms with Crippen LogP contribution < -0.4 is 0 Å². The number of benzene rings is 5. The minimum atomic E-state index is 0.521. The fourth-order valence-electron chi connectivity index (χ4n) is 6.69. The van der Waals surface area contributed by atoms with Crippen LogP contribution in [0.5, 0.6) is 0 Å². The molecule has 0 bridgehead atoms. The lowest BCUT2D eigenvalue weighted by Gasteiger charge is -2.10. The zero-order valence-electron chi connectivity index (χ0n) is 29.5. The van der Waals surface area contributed by atoms with E-state index in [4.69, 9.17) is 19.9 Å². The van der Waals surface area contributed by atoms with Crippen LogP contribution >= 0.6 is 0 Å². The second-order valence-corrected chi connectivity index (χ2v) is 13.0. The molecule has 0 aliphatic heterocycles. The van der Waals surface area contributed by atoms with Gasteiger partial charge in [0.25, 0.3) is 0 Å². The van der Waals surface area contributed by atoms with Crippen molar-refractivity contribution in [2.45, 2.75) is 6.42 Å². The number of rotatable bonds is 8. The van der Waals surface area contributed by atoms with Gasteiger partial charge in [0.05, 0.1) is 39.6 Å². The summed E-state index contributed by atoms with van der Waals surface area (Å²) in [6.07, 6.45) is 8.48. The van der Waals surface area contributed by atoms with Crippen LogP contribution in [0.3, 0.4) is 0 Å². The SMILES string of the molecule is C=Nc1c(/C=C\Cc2ccc(-c3nc(-c4ccc(C#N)cc4)nc(-c4ccc(-c5ccc6ccc7cccnc7c6n5)cc4)n3)cc2)ccc2cccnc12. The summed E-state index contributed by atoms with van der Waals surface area (Å²) in [7, 11) is 0. The first-order chi connectivity index (χ1) is 27.1. The lowest BCUT2D eigenvalue weighted by atomic mass is 10.0. The first-order valence-electron chi connectivity index (χ1n) is 17.8. The molecule has 4 heterocycles. The molecule has 0 radical (unpaired) electrons. The van der Waals surface area contributed by atoms with Crippen molar-refractivity contribution in [2.75, 3.05) is 0 Å². The fraction of sp³-hybridized carbons (Fsp3) is 0.0213. The van der Waals surface area contributed by atoms with E-state index in [0.29, 0.717) is 23.0 Å². The Hall–Kier alpha value is -7.76. The lowest BCUT2D eigenvalue weighted by Crippen LogP contribution is -2.00. The largest absolute Gasteiger partial charge is 0.262 e. The number of pyridine rings is 3. The first-order valence-corrected chi connectivity index (χ1v) is 17.8. The normalized spacial score (nSPS) is 11.3. The van der Waals surface area contributed by atoms with E-state index in [1.54, 1.807) is 24.5 Å². The molecule has 258 valence electrons. The highest BCUT2D eigenvalue weighted by Gasteiger charge is 2.14. The molecule has 0 amide bonds. The van der Waals surface area contributed by atoms with E-state index in [0.717, 1.165) is 83.9 Å². The first kappa shape index (κ1) is 33.1. The summed E-state index contributed by atoms with van der Waals surface area (Å²) in [6.45, 7) is 3.78. The molecule has 0 saturated heterocycles. The van der Waals surface area contributed by atoms with Crippen molar-refractivity contribution >= 4 is 51.2 Å². The molecule has 9 rings (SSSR count). The van der Waals surface area contributed by atoms with Crippen molar-refractivity contribution in [3.8, 4) is 51.5 Å². The molecule has 0 atom stereocenters. The zero-order valence-corrected chi connectivity index (χ0v) is 29.5. The predicted molar refractivity (Wildman–Crippen MR) is 221 cm³/mol. The van der Waals surface area contributed by atoms with Gasteiger partial charge in [-0.15, -0.1) is 0 Å². The predicted octanol–water partition coefficient (Wildman–Crippen LogP) is 10.6. The van der Waals surface area contributed by atoms with Gasteiger partial charge in [-0.2, -0.15) is 5.26 Å². The van der Waals surface area contributed by atoms with Gasteiger partial charge in [0.15, 0.2) is 17.5 Å². The maximum Gasteiger partial charge on any atom is 0.164 e. The molecule has 0 fully saturated rings. The molecule has 0 unspecified atom stereocenters. The van der Waals surface area contributed by atoms with E-state index in [1.165, 1.54) is 0 Å². The van der Waals surface area contributed by atoms with Crippen molar-refractivity contribution in [1.29, 1.82) is 5.26 Å². The van der Waals surface area contributed by atoms with Gasteiger partial charge in [0.2, 0.25) is 0 Å². The van der Waals surface area contributed by atoms with Crippen LogP contribution in [0.15, 0.2) is 157 Å². The van der Waals surface area contributed by atoms with Gasteiger partial charge in [-0.25, -0.2) is 19.9 Å². The van der Waals surface area contributed by atoms with Gasteiger partial charge in [-0.1, -0.05) is 103 Å². The third-order valence-corrected chi connectivity index (χ3v) is 9.58. The van der Waals surface area contributed by atoms with Crippen molar-refractivity contribution in [3.05, 3.63) is 169 Å². The van der Waals surface area contributed by atoms with Gasteiger partial charge in [0, 0.05) is 56.4 Å². The molecular weight excluding hydrogens is 677 g/mol. The van der Waals surface area contributed by atoms with E-state index in [-0.39, 0.29) is 0 Å². The summed E-state index contributed by atoms with van der Waals surface area (Å²) in [6, 6.07) is 46.1. The quantitative estimate of drug-likeness (QED) is 0.114. The smallest absolute Gasteiger partial charge is 0.164 e. The number of hydrogen-bond donors (Lipinski definition) is 0. The monoisotopic (exact) mass is 706 g/mol. The Balaban J connectivity index is 1.02. The van der Waals surface area contributed by atoms with E-state index >= 15 is 0 Å². The molecule has 0 aliphatic carbocycles. The minimum absolute atomic E-state index is 0.521. The number of aromatic nitrogens is 6. The molecule has 0 spiro atoms. The third-order valence-electron chi connectivity index (χ3n) is 9.58. The fourth-order valence-corrected chi connectivity index (χ4v) is 6.69. The van der Waals surface area contributed by atoms with E-state index in [9.17, 15) is 5.26 Å². The summed E-state index contributed by atoms with van der Waals surface area (Å²) < 4.78 is 0. The van der Waals surface area contributed by atoms with Crippen LogP contribution in [0.25, 0.3) is 84.2 Å². The van der Waals surface area contributed by atoms with Gasteiger partial charge in [0.1, 0.15) is 0 Å². The highest BCUT2D eigenvalue weighted by atomic mass is 15.0. The van der Waals surface area contributed by atoms with Crippen molar-refractivity contribution < 1.29 is 0 Å². The average Bonchev–Trinajstić information content (AvgIpc) is 3.26. The van der Waals surface area contributed by atoms with Crippen LogP contribution in [0.2, 0.25) is 0 Å². The van der Waals surface area contributed by atoms with Crippen molar-refractivity contribution in [3.63, 3.8) is 0 Å². The molecule has 5 aromatic carbocycles. The van der Waals surface area contributed by atoms with Crippen molar-refractivity contribution in [1.82, 2.24) is 29.9 Å². The Morgan fingerprint density at radius 3 is 1.71 bits per heavy atom. The second kappa shape index (κ2) is 14.3. The van der Waals surface area contributed by atoms with Gasteiger partial charge < -0.3 is 0 Å². The number of allylic oxidation sites excluding steroid dienone is 1. The van der Waals surface area contributed by atoms with Crippen LogP contribution in [0.4, 0.5) is 5.69 Å². The van der Waals surface area contributed by atoms with Gasteiger partial charge in [-0.3, -0.25) is 15.0 Å². The number of hydrogen-bond acceptors (Lipinski definition) is 8. The highest BCUT2D eigenvalue weighted by molar-refractivity contribution is 6.03. The highest BCUT2D eigenvalue weighted by Crippen LogP contribution is 2.31. The molecule has 0 N–H and O–H groups in total. The second-order valence-electron chi connectivity index (χ2n) is 13.0. The summed E-state index contributed by atoms with van der Waals surface area (Å²) in [4.78, 5) is 33.1. The number of aliphatic imine (C=N–C) groups is 1. The molecule has 8 nitrogen and oxygen atoms in total. The van der Waals surface area contributed by atoms with E-state index < -0.39 is 0 Å². The Labute approximate surface area is 317 Å². The number of nitriles is 1. The van der Waals surface area contributed by atoms with Gasteiger partial charge >= 0.3 is 0 Å². The number of fused-ring (bicyclic) bond motifs is 4. The van der Waals surface area contributed by atoms with Crippen LogP contribution in [-0.4, -0.2) is 36.6 Å². The zero-order chi connectivity index (χ0) is 37.1. The Kier molecular flexibility index (Phi) is 8.63. The summed E-state index contributed by atoms with van der Waals surface area (Å²) >= 11 is 0. The summed E-state index contributed by atoms with van der Waals surface area (Å²) in [5, 5.41) is 12.5. The summed E-state index contributed by atoms with van der Waals surface area (Å²) in [5.41, 5.74) is 10.4. The van der Waals surface area contributed by atoms with E-state index in [1.807, 2.05) is 78.9 Å². The molecule has 0 aliphatic rings. The third kappa shape index (κ3) is 6.58.